The number of nitrogens with one attached hydrogen (secondary N) is 9. The fraction of sp³-hybridized carbons (Fsp3) is 0.871. The fourth-order valence-corrected chi connectivity index (χ4v) is 12.3. The summed E-state index contributed by atoms with van der Waals surface area (Å²) in [6, 6.07) is -2.16. The molecule has 3 rings (SSSR count). The van der Waals surface area contributed by atoms with Gasteiger partial charge in [0.15, 0.2) is 18.9 Å². The lowest BCUT2D eigenvalue weighted by molar-refractivity contribution is -0.282. The molecule has 0 aliphatic carbocycles. The Balaban J connectivity index is 1.38. The molecule has 36 heteroatoms. The standard InChI is InChI=1S/C70H127N9O27/c1-5-24-55(88)79-70(28-21-40-101-67(95)74-34-15-9-6-12-31-71-52(85)25-18-37-98-64-46(2)58(89)59(90)49(43-80)104-64,29-22-41-102-68(96)75-35-16-10-7-13-32-72-53(86)26-19-38-99-65-56(77-47(3)83)62(93)60(91)50(44-81)105-65)30-23-42-103-69(97)76-36-17-11-8-14-33-73-54(87)27-20-39-100-66-57(78-48(4)84)63(94)61(92)51(45-82)106-66/h46,49-51,56-66,80-82,89-94H,5-45H2,1-4H3,(H,71,85)(H,72,86)(H,73,87)(H,74,95)(H,75,96)(H,76,97)(H,77,83)(H,78,84)(H,79,88). The normalized spacial score (nSPS) is 24.8. The van der Waals surface area contributed by atoms with Crippen LogP contribution in [0.5, 0.6) is 0 Å². The quantitative estimate of drug-likeness (QED) is 0.0271. The van der Waals surface area contributed by atoms with Crippen LogP contribution in [0.3, 0.4) is 0 Å². The van der Waals surface area contributed by atoms with Crippen LogP contribution in [0.25, 0.3) is 0 Å². The largest absolute Gasteiger partial charge is 0.450 e. The Kier molecular flexibility index (Phi) is 49.3. The molecule has 9 amide bonds. The third-order valence-corrected chi connectivity index (χ3v) is 18.2. The predicted octanol–water partition coefficient (Wildman–Crippen LogP) is -0.457. The molecule has 36 nitrogen and oxygen atoms in total. The molecule has 3 aliphatic rings. The number of amides is 9. The van der Waals surface area contributed by atoms with Crippen molar-refractivity contribution in [2.24, 2.45) is 5.92 Å². The molecule has 0 spiro atoms. The van der Waals surface area contributed by atoms with E-state index in [1.165, 1.54) is 13.8 Å². The number of rotatable bonds is 56. The minimum absolute atomic E-state index is 0.0295. The highest BCUT2D eigenvalue weighted by Crippen LogP contribution is 2.29. The van der Waals surface area contributed by atoms with Crippen LogP contribution in [0.4, 0.5) is 14.4 Å². The van der Waals surface area contributed by atoms with Gasteiger partial charge in [0.25, 0.3) is 0 Å². The van der Waals surface area contributed by atoms with Gasteiger partial charge in [-0.05, 0) is 103 Å². The molecule has 3 heterocycles. The van der Waals surface area contributed by atoms with Gasteiger partial charge in [0.1, 0.15) is 60.9 Å². The topological polar surface area (TPSA) is 527 Å². The highest BCUT2D eigenvalue weighted by atomic mass is 16.7. The summed E-state index contributed by atoms with van der Waals surface area (Å²) in [5.74, 6) is -2.22. The average molecular weight is 1530 g/mol. The van der Waals surface area contributed by atoms with Crippen molar-refractivity contribution in [3.63, 3.8) is 0 Å². The maximum absolute atomic E-state index is 13.4. The first-order valence-corrected chi connectivity index (χ1v) is 38.0. The van der Waals surface area contributed by atoms with E-state index in [-0.39, 0.29) is 89.0 Å². The maximum atomic E-state index is 13.4. The molecule has 106 heavy (non-hydrogen) atoms. The van der Waals surface area contributed by atoms with Gasteiger partial charge in [0.05, 0.1) is 65.6 Å². The van der Waals surface area contributed by atoms with Crippen molar-refractivity contribution in [2.75, 3.05) is 98.7 Å². The van der Waals surface area contributed by atoms with E-state index >= 15 is 0 Å². The van der Waals surface area contributed by atoms with Crippen LogP contribution in [0.15, 0.2) is 0 Å². The summed E-state index contributed by atoms with van der Waals surface area (Å²) in [5, 5.41) is 115. The molecule has 3 aliphatic heterocycles. The smallest absolute Gasteiger partial charge is 0.407 e. The molecule has 3 saturated heterocycles. The molecular weight excluding hydrogens is 1400 g/mol. The van der Waals surface area contributed by atoms with E-state index in [0.717, 1.165) is 44.9 Å². The van der Waals surface area contributed by atoms with E-state index in [2.05, 4.69) is 47.9 Å². The van der Waals surface area contributed by atoms with Gasteiger partial charge in [-0.25, -0.2) is 14.4 Å². The predicted molar refractivity (Wildman–Crippen MR) is 379 cm³/mol. The van der Waals surface area contributed by atoms with E-state index < -0.39 is 147 Å². The Morgan fingerprint density at radius 3 is 0.972 bits per heavy atom. The number of hydrogen-bond donors (Lipinski definition) is 18. The van der Waals surface area contributed by atoms with Crippen molar-refractivity contribution < 1.29 is 132 Å². The number of alkyl carbamates (subject to hydrolysis) is 3. The van der Waals surface area contributed by atoms with Crippen LogP contribution in [0.2, 0.25) is 0 Å². The van der Waals surface area contributed by atoms with E-state index in [1.807, 2.05) is 6.92 Å². The summed E-state index contributed by atoms with van der Waals surface area (Å²) in [6.45, 7) is 7.18. The zero-order valence-electron chi connectivity index (χ0n) is 62.5. The number of aliphatic hydroxyl groups is 9. The van der Waals surface area contributed by atoms with Gasteiger partial charge in [-0.3, -0.25) is 28.8 Å². The number of hydrogen-bond acceptors (Lipinski definition) is 27. The Hall–Kier alpha value is -5.97. The molecule has 0 bridgehead atoms. The zero-order valence-corrected chi connectivity index (χ0v) is 62.5. The Morgan fingerprint density at radius 2 is 0.660 bits per heavy atom. The Labute approximate surface area is 621 Å². The maximum Gasteiger partial charge on any atom is 0.407 e. The summed E-state index contributed by atoms with van der Waals surface area (Å²) in [4.78, 5) is 112. The lowest BCUT2D eigenvalue weighted by Crippen LogP contribution is -2.64. The zero-order chi connectivity index (χ0) is 78.1. The monoisotopic (exact) mass is 1530 g/mol. The number of carbonyl (C=O) groups excluding carboxylic acids is 9. The van der Waals surface area contributed by atoms with E-state index in [1.54, 1.807) is 6.92 Å². The summed E-state index contributed by atoms with van der Waals surface area (Å²) in [6.07, 6.45) is -2.95. The van der Waals surface area contributed by atoms with Crippen molar-refractivity contribution in [2.45, 2.75) is 286 Å². The van der Waals surface area contributed by atoms with Crippen molar-refractivity contribution >= 4 is 53.7 Å². The second kappa shape index (κ2) is 55.4. The third kappa shape index (κ3) is 38.9. The summed E-state index contributed by atoms with van der Waals surface area (Å²) in [5.41, 5.74) is -0.855. The number of ether oxygens (including phenoxy) is 9. The van der Waals surface area contributed by atoms with Crippen molar-refractivity contribution in [1.82, 2.24) is 47.9 Å². The van der Waals surface area contributed by atoms with Crippen LogP contribution >= 0.6 is 0 Å². The third-order valence-electron chi connectivity index (χ3n) is 18.2. The van der Waals surface area contributed by atoms with Gasteiger partial charge < -0.3 is 136 Å². The molecule has 0 aromatic heterocycles. The molecule has 15 unspecified atom stereocenters. The molecule has 0 aromatic carbocycles. The van der Waals surface area contributed by atoms with Crippen LogP contribution in [-0.2, 0) is 71.4 Å². The van der Waals surface area contributed by atoms with Gasteiger partial charge in [-0.15, -0.1) is 0 Å². The minimum Gasteiger partial charge on any atom is -0.450 e. The van der Waals surface area contributed by atoms with Crippen molar-refractivity contribution in [1.29, 1.82) is 0 Å². The molecule has 0 aromatic rings. The second-order valence-corrected chi connectivity index (χ2v) is 27.2. The first-order chi connectivity index (χ1) is 50.9. The number of unbranched alkanes of at least 4 members (excludes halogenated alkanes) is 9. The lowest BCUT2D eigenvalue weighted by Gasteiger charge is -2.42. The van der Waals surface area contributed by atoms with Crippen LogP contribution in [-0.4, -0.2) is 290 Å². The SMILES string of the molecule is CCCC(=O)NC(CCCOC(=O)NCCCCCCNC(=O)CCCOC1OC(CO)C(O)C(O)C1C)(CCCOC(=O)NCCCCCCNC(=O)CCCOC1OC(CO)C(O)C(O)C1NC(C)=O)CCCOC(=O)NCCCCCCNC(=O)CCCOC1OC(CO)C(O)C(O)C1NC(C)=O. The molecule has 614 valence electrons. The van der Waals surface area contributed by atoms with Gasteiger partial charge in [0, 0.05) is 90.3 Å². The van der Waals surface area contributed by atoms with Crippen LogP contribution in [0, 0.1) is 5.92 Å². The van der Waals surface area contributed by atoms with Gasteiger partial charge >= 0.3 is 18.3 Å². The lowest BCUT2D eigenvalue weighted by atomic mass is 9.83. The number of carbonyl (C=O) groups is 9. The van der Waals surface area contributed by atoms with E-state index in [4.69, 9.17) is 42.6 Å². The van der Waals surface area contributed by atoms with Crippen LogP contribution in [0.1, 0.15) is 195 Å². The highest BCUT2D eigenvalue weighted by molar-refractivity contribution is 5.77. The summed E-state index contributed by atoms with van der Waals surface area (Å²) >= 11 is 0. The first kappa shape index (κ1) is 94.2. The molecule has 0 radical (unpaired) electrons. The molecule has 18 N–H and O–H groups in total. The Bertz CT molecular complexity index is 2390. The first-order valence-electron chi connectivity index (χ1n) is 38.0. The van der Waals surface area contributed by atoms with Gasteiger partial charge in [-0.1, -0.05) is 52.4 Å². The molecule has 15 atom stereocenters. The summed E-state index contributed by atoms with van der Waals surface area (Å²) < 4.78 is 50.3. The van der Waals surface area contributed by atoms with Gasteiger partial charge in [-0.2, -0.15) is 0 Å². The van der Waals surface area contributed by atoms with Crippen molar-refractivity contribution in [3.8, 4) is 0 Å². The highest BCUT2D eigenvalue weighted by Gasteiger charge is 2.47. The second-order valence-electron chi connectivity index (χ2n) is 27.2. The van der Waals surface area contributed by atoms with Crippen molar-refractivity contribution in [3.05, 3.63) is 0 Å². The molecular formula is C70H127N9O27. The molecule has 0 saturated carbocycles. The van der Waals surface area contributed by atoms with Crippen LogP contribution < -0.4 is 47.9 Å². The minimum atomic E-state index is -1.44. The van der Waals surface area contributed by atoms with E-state index in [0.29, 0.717) is 136 Å². The van der Waals surface area contributed by atoms with E-state index in [9.17, 15) is 89.1 Å². The Morgan fingerprint density at radius 1 is 0.358 bits per heavy atom. The summed E-state index contributed by atoms with van der Waals surface area (Å²) in [7, 11) is 0. The fourth-order valence-electron chi connectivity index (χ4n) is 12.3. The van der Waals surface area contributed by atoms with Gasteiger partial charge in [0.2, 0.25) is 35.4 Å². The average Bonchev–Trinajstić information content (AvgIpc) is 0.819. The molecule has 3 fully saturated rings. The number of aliphatic hydroxyl groups excluding tert-OH is 9.